The first-order valence-electron chi connectivity index (χ1n) is 6.85. The van der Waals surface area contributed by atoms with Crippen molar-refractivity contribution < 1.29 is 9.13 Å². The van der Waals surface area contributed by atoms with Crippen molar-refractivity contribution in [2.75, 3.05) is 13.2 Å². The maximum absolute atomic E-state index is 13.9. The molecule has 1 aromatic carbocycles. The van der Waals surface area contributed by atoms with Crippen LogP contribution < -0.4 is 10.1 Å². The van der Waals surface area contributed by atoms with Gasteiger partial charge in [0.25, 0.3) is 0 Å². The van der Waals surface area contributed by atoms with Gasteiger partial charge in [0, 0.05) is 11.6 Å². The minimum atomic E-state index is -0.198. The molecule has 1 rings (SSSR count). The summed E-state index contributed by atoms with van der Waals surface area (Å²) >= 11 is 0. The summed E-state index contributed by atoms with van der Waals surface area (Å²) in [5, 5.41) is 3.22. The van der Waals surface area contributed by atoms with Gasteiger partial charge in [-0.1, -0.05) is 32.8 Å². The minimum absolute atomic E-state index is 0.0302. The molecular formula is C15H24FNO. The Hall–Kier alpha value is -1.09. The van der Waals surface area contributed by atoms with Crippen molar-refractivity contribution in [2.45, 2.75) is 46.1 Å². The Morgan fingerprint density at radius 1 is 1.28 bits per heavy atom. The summed E-state index contributed by atoms with van der Waals surface area (Å²) in [6.07, 6.45) is 3.32. The fraction of sp³-hybridized carbons (Fsp3) is 0.600. The summed E-state index contributed by atoms with van der Waals surface area (Å²) in [6, 6.07) is 5.00. The molecule has 0 aliphatic rings. The predicted octanol–water partition coefficient (Wildman–Crippen LogP) is 4.07. The van der Waals surface area contributed by atoms with Gasteiger partial charge in [0.1, 0.15) is 11.6 Å². The van der Waals surface area contributed by atoms with Crippen molar-refractivity contribution in [3.8, 4) is 5.75 Å². The van der Waals surface area contributed by atoms with Crippen LogP contribution in [-0.2, 0) is 0 Å². The van der Waals surface area contributed by atoms with Gasteiger partial charge in [0.15, 0.2) is 0 Å². The molecule has 3 heteroatoms. The van der Waals surface area contributed by atoms with Gasteiger partial charge in [-0.3, -0.25) is 0 Å². The molecule has 2 nitrogen and oxygen atoms in total. The van der Waals surface area contributed by atoms with Gasteiger partial charge >= 0.3 is 0 Å². The molecule has 1 unspecified atom stereocenters. The molecule has 0 amide bonds. The average molecular weight is 253 g/mol. The van der Waals surface area contributed by atoms with E-state index in [0.717, 1.165) is 25.8 Å². The smallest absolute Gasteiger partial charge is 0.131 e. The fourth-order valence-corrected chi connectivity index (χ4v) is 2.01. The summed E-state index contributed by atoms with van der Waals surface area (Å²) in [4.78, 5) is 0. The van der Waals surface area contributed by atoms with E-state index >= 15 is 0 Å². The van der Waals surface area contributed by atoms with E-state index in [1.807, 2.05) is 19.9 Å². The van der Waals surface area contributed by atoms with Crippen LogP contribution in [0, 0.1) is 5.82 Å². The van der Waals surface area contributed by atoms with Gasteiger partial charge in [0.2, 0.25) is 0 Å². The van der Waals surface area contributed by atoms with Crippen molar-refractivity contribution in [2.24, 2.45) is 0 Å². The highest BCUT2D eigenvalue weighted by molar-refractivity contribution is 5.37. The van der Waals surface area contributed by atoms with Crippen LogP contribution in [0.2, 0.25) is 0 Å². The van der Waals surface area contributed by atoms with Gasteiger partial charge in [-0.25, -0.2) is 4.39 Å². The Morgan fingerprint density at radius 3 is 2.72 bits per heavy atom. The first-order chi connectivity index (χ1) is 8.70. The molecule has 0 aliphatic heterocycles. The summed E-state index contributed by atoms with van der Waals surface area (Å²) in [6.45, 7) is 7.59. The number of benzene rings is 1. The van der Waals surface area contributed by atoms with Crippen molar-refractivity contribution in [1.82, 2.24) is 5.32 Å². The number of hydrogen-bond acceptors (Lipinski definition) is 2. The first kappa shape index (κ1) is 15.0. The second kappa shape index (κ2) is 8.09. The highest BCUT2D eigenvalue weighted by Crippen LogP contribution is 2.28. The quantitative estimate of drug-likeness (QED) is 0.705. The van der Waals surface area contributed by atoms with E-state index < -0.39 is 0 Å². The van der Waals surface area contributed by atoms with Crippen molar-refractivity contribution in [3.63, 3.8) is 0 Å². The van der Waals surface area contributed by atoms with Crippen molar-refractivity contribution in [3.05, 3.63) is 29.6 Å². The lowest BCUT2D eigenvalue weighted by atomic mass is 10.1. The van der Waals surface area contributed by atoms with Crippen molar-refractivity contribution in [1.29, 1.82) is 0 Å². The van der Waals surface area contributed by atoms with Crippen LogP contribution in [0.4, 0.5) is 4.39 Å². The highest BCUT2D eigenvalue weighted by Gasteiger charge is 2.15. The largest absolute Gasteiger partial charge is 0.493 e. The Bertz CT molecular complexity index is 354. The number of nitrogens with one attached hydrogen (secondary N) is 1. The predicted molar refractivity (Wildman–Crippen MR) is 73.5 cm³/mol. The molecule has 1 atom stereocenters. The van der Waals surface area contributed by atoms with Crippen molar-refractivity contribution >= 4 is 0 Å². The molecule has 18 heavy (non-hydrogen) atoms. The van der Waals surface area contributed by atoms with E-state index in [1.165, 1.54) is 6.07 Å². The maximum Gasteiger partial charge on any atom is 0.131 e. The molecule has 0 aliphatic carbocycles. The van der Waals surface area contributed by atoms with E-state index in [2.05, 4.69) is 12.2 Å². The Kier molecular flexibility index (Phi) is 6.73. The highest BCUT2D eigenvalue weighted by atomic mass is 19.1. The molecule has 102 valence electrons. The van der Waals surface area contributed by atoms with E-state index in [4.69, 9.17) is 4.74 Å². The molecule has 0 spiro atoms. The minimum Gasteiger partial charge on any atom is -0.493 e. The number of halogens is 1. The molecule has 0 aromatic heterocycles. The van der Waals surface area contributed by atoms with Crippen LogP contribution in [0.1, 0.15) is 51.6 Å². The zero-order valence-corrected chi connectivity index (χ0v) is 11.6. The van der Waals surface area contributed by atoms with E-state index in [0.29, 0.717) is 17.9 Å². The molecule has 0 saturated carbocycles. The molecule has 1 aromatic rings. The van der Waals surface area contributed by atoms with Crippen LogP contribution in [0.15, 0.2) is 18.2 Å². The topological polar surface area (TPSA) is 21.3 Å². The van der Waals surface area contributed by atoms with E-state index in [1.54, 1.807) is 6.07 Å². The lowest BCUT2D eigenvalue weighted by Gasteiger charge is -2.18. The number of hydrogen-bond donors (Lipinski definition) is 1. The lowest BCUT2D eigenvalue weighted by molar-refractivity contribution is 0.297. The molecule has 0 saturated heterocycles. The van der Waals surface area contributed by atoms with Gasteiger partial charge in [-0.2, -0.15) is 0 Å². The molecule has 0 fully saturated rings. The average Bonchev–Trinajstić information content (AvgIpc) is 2.35. The maximum atomic E-state index is 13.9. The summed E-state index contributed by atoms with van der Waals surface area (Å²) in [7, 11) is 0. The first-order valence-corrected chi connectivity index (χ1v) is 6.85. The second-order valence-corrected chi connectivity index (χ2v) is 4.49. The molecule has 1 N–H and O–H groups in total. The second-order valence-electron chi connectivity index (χ2n) is 4.49. The third kappa shape index (κ3) is 4.30. The normalized spacial score (nSPS) is 12.4. The standard InChI is InChI=1S/C15H24FNO/c1-4-6-7-11-18-14-10-8-9-13(16)15(14)12(3)17-5-2/h8-10,12,17H,4-7,11H2,1-3H3. The summed E-state index contributed by atoms with van der Waals surface area (Å²) < 4.78 is 19.6. The van der Waals surface area contributed by atoms with Crippen LogP contribution in [0.25, 0.3) is 0 Å². The molecule has 0 heterocycles. The zero-order chi connectivity index (χ0) is 13.4. The lowest BCUT2D eigenvalue weighted by Crippen LogP contribution is -2.20. The van der Waals surface area contributed by atoms with Crippen LogP contribution in [-0.4, -0.2) is 13.2 Å². The Labute approximate surface area is 110 Å². The fourth-order valence-electron chi connectivity index (χ4n) is 2.01. The molecule has 0 radical (unpaired) electrons. The number of unbranched alkanes of at least 4 members (excludes halogenated alkanes) is 2. The number of ether oxygens (including phenoxy) is 1. The van der Waals surface area contributed by atoms with E-state index in [-0.39, 0.29) is 11.9 Å². The Morgan fingerprint density at radius 2 is 2.06 bits per heavy atom. The van der Waals surface area contributed by atoms with Gasteiger partial charge in [-0.05, 0) is 32.0 Å². The Balaban J connectivity index is 2.73. The van der Waals surface area contributed by atoms with Crippen LogP contribution in [0.3, 0.4) is 0 Å². The molecule has 0 bridgehead atoms. The zero-order valence-electron chi connectivity index (χ0n) is 11.6. The van der Waals surface area contributed by atoms with Gasteiger partial charge in [-0.15, -0.1) is 0 Å². The van der Waals surface area contributed by atoms with Gasteiger partial charge in [0.05, 0.1) is 6.61 Å². The molecular weight excluding hydrogens is 229 g/mol. The third-order valence-electron chi connectivity index (χ3n) is 2.96. The summed E-state index contributed by atoms with van der Waals surface area (Å²) in [5.41, 5.74) is 0.635. The van der Waals surface area contributed by atoms with Crippen LogP contribution in [0.5, 0.6) is 5.75 Å². The van der Waals surface area contributed by atoms with E-state index in [9.17, 15) is 4.39 Å². The third-order valence-corrected chi connectivity index (χ3v) is 2.96. The summed E-state index contributed by atoms with van der Waals surface area (Å²) in [5.74, 6) is 0.469. The van der Waals surface area contributed by atoms with Crippen LogP contribution >= 0.6 is 0 Å². The number of rotatable bonds is 8. The SMILES string of the molecule is CCCCCOc1cccc(F)c1C(C)NCC. The van der Waals surface area contributed by atoms with Gasteiger partial charge < -0.3 is 10.1 Å². The monoisotopic (exact) mass is 253 g/mol.